The van der Waals surface area contributed by atoms with E-state index in [0.29, 0.717) is 24.6 Å². The second kappa shape index (κ2) is 8.08. The van der Waals surface area contributed by atoms with E-state index in [1.54, 1.807) is 6.26 Å². The fourth-order valence-electron chi connectivity index (χ4n) is 3.11. The standard InChI is InChI=1S/C21H22N2O4S/c1-23(2)15(16-4-3-9-25-16)13-22-21(24)20-8-7-19(28-20)14-5-6-17-18(12-14)27-11-10-26-17/h3-9,12,15H,10-11,13H2,1-2H3,(H,22,24). The first kappa shape index (κ1) is 18.6. The van der Waals surface area contributed by atoms with Crippen molar-refractivity contribution in [3.8, 4) is 21.9 Å². The van der Waals surface area contributed by atoms with E-state index in [1.165, 1.54) is 11.3 Å². The number of carbonyl (C=O) groups excluding carboxylic acids is 1. The number of thiophene rings is 1. The smallest absolute Gasteiger partial charge is 0.261 e. The SMILES string of the molecule is CN(C)C(CNC(=O)c1ccc(-c2ccc3c(c2)OCCO3)s1)c1ccco1. The predicted octanol–water partition coefficient (Wildman–Crippen LogP) is 3.81. The van der Waals surface area contributed by atoms with Gasteiger partial charge in [0, 0.05) is 11.4 Å². The zero-order valence-corrected chi connectivity index (χ0v) is 16.6. The fourth-order valence-corrected chi connectivity index (χ4v) is 4.03. The first-order chi connectivity index (χ1) is 13.6. The van der Waals surface area contributed by atoms with Gasteiger partial charge in [0.05, 0.1) is 17.2 Å². The summed E-state index contributed by atoms with van der Waals surface area (Å²) in [7, 11) is 3.93. The highest BCUT2D eigenvalue weighted by Gasteiger charge is 2.19. The van der Waals surface area contributed by atoms with Crippen LogP contribution in [0.25, 0.3) is 10.4 Å². The van der Waals surface area contributed by atoms with E-state index in [2.05, 4.69) is 5.32 Å². The maximum Gasteiger partial charge on any atom is 0.261 e. The van der Waals surface area contributed by atoms with Gasteiger partial charge in [0.25, 0.3) is 5.91 Å². The quantitative estimate of drug-likeness (QED) is 0.684. The van der Waals surface area contributed by atoms with Crippen LogP contribution in [0.5, 0.6) is 11.5 Å². The Kier molecular flexibility index (Phi) is 5.36. The van der Waals surface area contributed by atoms with Crippen LogP contribution in [-0.4, -0.2) is 44.7 Å². The average molecular weight is 398 g/mol. The molecule has 7 heteroatoms. The van der Waals surface area contributed by atoms with E-state index in [0.717, 1.165) is 27.7 Å². The van der Waals surface area contributed by atoms with E-state index in [1.807, 2.05) is 61.5 Å². The summed E-state index contributed by atoms with van der Waals surface area (Å²) in [6, 6.07) is 13.4. The number of furan rings is 1. The number of fused-ring (bicyclic) bond motifs is 1. The lowest BCUT2D eigenvalue weighted by Crippen LogP contribution is -2.34. The monoisotopic (exact) mass is 398 g/mol. The van der Waals surface area contributed by atoms with Crippen molar-refractivity contribution in [3.63, 3.8) is 0 Å². The number of rotatable bonds is 6. The van der Waals surface area contributed by atoms with E-state index in [4.69, 9.17) is 13.9 Å². The number of nitrogens with zero attached hydrogens (tertiary/aromatic N) is 1. The van der Waals surface area contributed by atoms with Crippen molar-refractivity contribution in [2.24, 2.45) is 0 Å². The van der Waals surface area contributed by atoms with Gasteiger partial charge in [0.1, 0.15) is 19.0 Å². The first-order valence-corrected chi connectivity index (χ1v) is 9.91. The molecule has 1 aromatic carbocycles. The Hall–Kier alpha value is -2.77. The molecule has 3 heterocycles. The minimum atomic E-state index is -0.0906. The molecule has 2 aromatic heterocycles. The molecule has 28 heavy (non-hydrogen) atoms. The number of benzene rings is 1. The van der Waals surface area contributed by atoms with E-state index in [-0.39, 0.29) is 11.9 Å². The maximum atomic E-state index is 12.6. The molecular formula is C21H22N2O4S. The van der Waals surface area contributed by atoms with Crippen molar-refractivity contribution in [1.29, 1.82) is 0 Å². The van der Waals surface area contributed by atoms with Crippen LogP contribution in [0.3, 0.4) is 0 Å². The van der Waals surface area contributed by atoms with Crippen LogP contribution in [0.2, 0.25) is 0 Å². The lowest BCUT2D eigenvalue weighted by molar-refractivity contribution is 0.0943. The molecule has 1 unspecified atom stereocenters. The third-order valence-corrected chi connectivity index (χ3v) is 5.74. The van der Waals surface area contributed by atoms with Crippen LogP contribution in [0.4, 0.5) is 0 Å². The molecule has 0 radical (unpaired) electrons. The lowest BCUT2D eigenvalue weighted by Gasteiger charge is -2.22. The molecule has 146 valence electrons. The van der Waals surface area contributed by atoms with E-state index < -0.39 is 0 Å². The Morgan fingerprint density at radius 2 is 1.96 bits per heavy atom. The molecule has 1 N–H and O–H groups in total. The molecule has 1 aliphatic rings. The summed E-state index contributed by atoms with van der Waals surface area (Å²) in [5.74, 6) is 2.24. The van der Waals surface area contributed by atoms with Crippen LogP contribution in [0.15, 0.2) is 53.1 Å². The van der Waals surface area contributed by atoms with Crippen LogP contribution in [0.1, 0.15) is 21.5 Å². The number of hydrogen-bond donors (Lipinski definition) is 1. The molecule has 3 aromatic rings. The zero-order valence-electron chi connectivity index (χ0n) is 15.8. The number of carbonyl (C=O) groups is 1. The number of likely N-dealkylation sites (N-methyl/N-ethyl adjacent to an activating group) is 1. The van der Waals surface area contributed by atoms with Crippen molar-refractivity contribution in [1.82, 2.24) is 10.2 Å². The largest absolute Gasteiger partial charge is 0.486 e. The van der Waals surface area contributed by atoms with E-state index >= 15 is 0 Å². The molecule has 0 saturated carbocycles. The second-order valence-corrected chi connectivity index (χ2v) is 7.81. The summed E-state index contributed by atoms with van der Waals surface area (Å²) in [6.45, 7) is 1.59. The van der Waals surface area contributed by atoms with Gasteiger partial charge in [-0.05, 0) is 62.1 Å². The maximum absolute atomic E-state index is 12.6. The van der Waals surface area contributed by atoms with Gasteiger partial charge in [-0.25, -0.2) is 0 Å². The highest BCUT2D eigenvalue weighted by Crippen LogP contribution is 2.36. The summed E-state index contributed by atoms with van der Waals surface area (Å²) < 4.78 is 16.7. The summed E-state index contributed by atoms with van der Waals surface area (Å²) >= 11 is 1.46. The zero-order chi connectivity index (χ0) is 19.5. The minimum Gasteiger partial charge on any atom is -0.486 e. The highest BCUT2D eigenvalue weighted by molar-refractivity contribution is 7.17. The van der Waals surface area contributed by atoms with Crippen LogP contribution >= 0.6 is 11.3 Å². The number of nitrogens with one attached hydrogen (secondary N) is 1. The molecule has 0 fully saturated rings. The predicted molar refractivity (Wildman–Crippen MR) is 108 cm³/mol. The average Bonchev–Trinajstić information content (AvgIpc) is 3.40. The first-order valence-electron chi connectivity index (χ1n) is 9.09. The third kappa shape index (κ3) is 3.90. The molecule has 1 aliphatic heterocycles. The molecule has 4 rings (SSSR count). The Bertz CT molecular complexity index is 949. The van der Waals surface area contributed by atoms with Crippen molar-refractivity contribution in [2.75, 3.05) is 33.9 Å². The van der Waals surface area contributed by atoms with Gasteiger partial charge < -0.3 is 19.2 Å². The Morgan fingerprint density at radius 3 is 2.71 bits per heavy atom. The molecular weight excluding hydrogens is 376 g/mol. The van der Waals surface area contributed by atoms with Crippen molar-refractivity contribution in [3.05, 3.63) is 59.4 Å². The Labute approximate surface area is 167 Å². The molecule has 0 bridgehead atoms. The van der Waals surface area contributed by atoms with Gasteiger partial charge in [0.15, 0.2) is 11.5 Å². The number of amides is 1. The fraction of sp³-hybridized carbons (Fsp3) is 0.286. The second-order valence-electron chi connectivity index (χ2n) is 6.73. The summed E-state index contributed by atoms with van der Waals surface area (Å²) in [4.78, 5) is 16.3. The van der Waals surface area contributed by atoms with Gasteiger partial charge in [-0.1, -0.05) is 0 Å². The minimum absolute atomic E-state index is 0.0174. The third-order valence-electron chi connectivity index (χ3n) is 4.61. The molecule has 0 spiro atoms. The normalized spacial score (nSPS) is 14.1. The van der Waals surface area contributed by atoms with Gasteiger partial charge >= 0.3 is 0 Å². The summed E-state index contributed by atoms with van der Waals surface area (Å²) in [5.41, 5.74) is 1.01. The van der Waals surface area contributed by atoms with Crippen molar-refractivity contribution < 1.29 is 18.7 Å². The van der Waals surface area contributed by atoms with Gasteiger partial charge in [0.2, 0.25) is 0 Å². The number of hydrogen-bond acceptors (Lipinski definition) is 6. The topological polar surface area (TPSA) is 63.9 Å². The number of ether oxygens (including phenoxy) is 2. The Balaban J connectivity index is 1.44. The van der Waals surface area contributed by atoms with Gasteiger partial charge in [-0.15, -0.1) is 11.3 Å². The van der Waals surface area contributed by atoms with E-state index in [9.17, 15) is 4.79 Å². The summed E-state index contributed by atoms with van der Waals surface area (Å²) in [6.07, 6.45) is 1.65. The van der Waals surface area contributed by atoms with Gasteiger partial charge in [-0.3, -0.25) is 9.69 Å². The summed E-state index contributed by atoms with van der Waals surface area (Å²) in [5, 5.41) is 3.01. The van der Waals surface area contributed by atoms with Crippen molar-refractivity contribution in [2.45, 2.75) is 6.04 Å². The highest BCUT2D eigenvalue weighted by atomic mass is 32.1. The van der Waals surface area contributed by atoms with Crippen molar-refractivity contribution >= 4 is 17.2 Å². The molecule has 6 nitrogen and oxygen atoms in total. The van der Waals surface area contributed by atoms with Crippen LogP contribution < -0.4 is 14.8 Å². The van der Waals surface area contributed by atoms with Gasteiger partial charge in [-0.2, -0.15) is 0 Å². The van der Waals surface area contributed by atoms with Crippen LogP contribution in [0, 0.1) is 0 Å². The Morgan fingerprint density at radius 1 is 1.14 bits per heavy atom. The molecule has 0 saturated heterocycles. The molecule has 0 aliphatic carbocycles. The molecule has 1 atom stereocenters. The molecule has 1 amide bonds. The lowest BCUT2D eigenvalue weighted by atomic mass is 10.1. The van der Waals surface area contributed by atoms with Crippen LogP contribution in [-0.2, 0) is 0 Å².